The molecule has 142 valence electrons. The maximum atomic E-state index is 13.0. The summed E-state index contributed by atoms with van der Waals surface area (Å²) in [5.74, 6) is -3.24. The highest BCUT2D eigenvalue weighted by Crippen LogP contribution is 2.24. The van der Waals surface area contributed by atoms with Gasteiger partial charge in [-0.1, -0.05) is 30.3 Å². The van der Waals surface area contributed by atoms with Crippen molar-refractivity contribution in [3.8, 4) is 0 Å². The summed E-state index contributed by atoms with van der Waals surface area (Å²) < 4.78 is 23.1. The molecule has 3 rings (SSSR count). The molecule has 0 spiro atoms. The molecule has 0 saturated heterocycles. The minimum atomic E-state index is -1.36. The zero-order valence-electron chi connectivity index (χ0n) is 14.2. The summed E-state index contributed by atoms with van der Waals surface area (Å²) in [5.41, 5.74) is 0.675. The summed E-state index contributed by atoms with van der Waals surface area (Å²) >= 11 is 0. The molecule has 0 unspecified atom stereocenters. The molecule has 0 saturated carbocycles. The second kappa shape index (κ2) is 8.12. The molecule has 1 N–H and O–H groups in total. The van der Waals surface area contributed by atoms with Crippen LogP contribution in [0.4, 0.5) is 16.0 Å². The number of nitro groups is 1. The van der Waals surface area contributed by atoms with E-state index in [4.69, 9.17) is 9.15 Å². The minimum absolute atomic E-state index is 0.303. The number of halogens is 1. The number of amides is 1. The molecule has 1 amide bonds. The number of hydrogen-bond donors (Lipinski definition) is 1. The summed E-state index contributed by atoms with van der Waals surface area (Å²) in [5, 5.41) is 13.2. The molecular formula is C19H13FN2O6. The van der Waals surface area contributed by atoms with Gasteiger partial charge in [-0.15, -0.1) is 0 Å². The number of furan rings is 1. The Morgan fingerprint density at radius 1 is 1.04 bits per heavy atom. The highest BCUT2D eigenvalue weighted by atomic mass is 19.1. The molecule has 1 heterocycles. The van der Waals surface area contributed by atoms with E-state index in [-0.39, 0.29) is 0 Å². The number of carbonyl (C=O) groups excluding carboxylic acids is 2. The Balaban J connectivity index is 1.82. The van der Waals surface area contributed by atoms with Crippen LogP contribution in [0.15, 0.2) is 71.1 Å². The van der Waals surface area contributed by atoms with Gasteiger partial charge in [0.05, 0.1) is 6.07 Å². The first-order valence-electron chi connectivity index (χ1n) is 8.00. The third-order valence-electron chi connectivity index (χ3n) is 3.65. The lowest BCUT2D eigenvalue weighted by Crippen LogP contribution is -2.25. The molecule has 1 aromatic heterocycles. The van der Waals surface area contributed by atoms with Crippen LogP contribution in [0.3, 0.4) is 0 Å². The molecule has 0 fully saturated rings. The van der Waals surface area contributed by atoms with Crippen LogP contribution in [-0.4, -0.2) is 16.8 Å². The Kier molecular flexibility index (Phi) is 5.45. The fourth-order valence-corrected chi connectivity index (χ4v) is 2.34. The molecule has 0 aliphatic rings. The maximum Gasteiger partial charge on any atom is 0.433 e. The van der Waals surface area contributed by atoms with Crippen LogP contribution in [0.1, 0.15) is 22.2 Å². The Morgan fingerprint density at radius 3 is 2.32 bits per heavy atom. The van der Waals surface area contributed by atoms with Gasteiger partial charge in [0.15, 0.2) is 0 Å². The zero-order valence-corrected chi connectivity index (χ0v) is 14.2. The van der Waals surface area contributed by atoms with Crippen molar-refractivity contribution in [1.29, 1.82) is 0 Å². The van der Waals surface area contributed by atoms with Gasteiger partial charge in [-0.25, -0.2) is 9.18 Å². The van der Waals surface area contributed by atoms with Crippen molar-refractivity contribution in [3.63, 3.8) is 0 Å². The predicted octanol–water partition coefficient (Wildman–Crippen LogP) is 3.86. The highest BCUT2D eigenvalue weighted by molar-refractivity contribution is 5.97. The third kappa shape index (κ3) is 4.39. The number of rotatable bonds is 6. The first kappa shape index (κ1) is 18.8. The van der Waals surface area contributed by atoms with Gasteiger partial charge in [-0.2, -0.15) is 0 Å². The molecular weight excluding hydrogens is 371 g/mol. The Labute approximate surface area is 157 Å². The van der Waals surface area contributed by atoms with Gasteiger partial charge in [-0.05, 0) is 30.3 Å². The van der Waals surface area contributed by atoms with Crippen LogP contribution in [-0.2, 0) is 9.53 Å². The number of ether oxygens (including phenoxy) is 1. The molecule has 1 atom stereocenters. The van der Waals surface area contributed by atoms with Gasteiger partial charge in [-0.3, -0.25) is 14.9 Å². The SMILES string of the molecule is O=C(O[C@H](C(=O)Nc1ccc(F)cc1)c1ccccc1)c1ccc([N+](=O)[O-])o1. The fraction of sp³-hybridized carbons (Fsp3) is 0.0526. The normalized spacial score (nSPS) is 11.5. The molecule has 0 aliphatic heterocycles. The number of nitrogens with one attached hydrogen (secondary N) is 1. The summed E-state index contributed by atoms with van der Waals surface area (Å²) in [6.07, 6.45) is -1.36. The standard InChI is InChI=1S/C19H13FN2O6/c20-13-6-8-14(9-7-13)21-18(23)17(12-4-2-1-3-5-12)28-19(24)15-10-11-16(27-15)22(25)26/h1-11,17H,(H,21,23)/t17-/m0/s1. The lowest BCUT2D eigenvalue weighted by atomic mass is 10.1. The Morgan fingerprint density at radius 2 is 1.71 bits per heavy atom. The Hall–Kier alpha value is -4.01. The van der Waals surface area contributed by atoms with Crippen molar-refractivity contribution in [2.24, 2.45) is 0 Å². The van der Waals surface area contributed by atoms with Gasteiger partial charge in [0.25, 0.3) is 5.91 Å². The molecule has 9 heteroatoms. The van der Waals surface area contributed by atoms with Crippen LogP contribution >= 0.6 is 0 Å². The van der Waals surface area contributed by atoms with Crippen LogP contribution in [0.25, 0.3) is 0 Å². The van der Waals surface area contributed by atoms with E-state index in [1.165, 1.54) is 24.3 Å². The van der Waals surface area contributed by atoms with E-state index >= 15 is 0 Å². The summed E-state index contributed by atoms with van der Waals surface area (Å²) in [4.78, 5) is 34.8. The second-order valence-corrected chi connectivity index (χ2v) is 5.59. The number of esters is 1. The maximum absolute atomic E-state index is 13.0. The van der Waals surface area contributed by atoms with Crippen molar-refractivity contribution in [3.05, 3.63) is 94.0 Å². The van der Waals surface area contributed by atoms with Crippen molar-refractivity contribution >= 4 is 23.4 Å². The summed E-state index contributed by atoms with van der Waals surface area (Å²) in [7, 11) is 0. The second-order valence-electron chi connectivity index (χ2n) is 5.59. The van der Waals surface area contributed by atoms with E-state index < -0.39 is 40.4 Å². The van der Waals surface area contributed by atoms with Gasteiger partial charge in [0.1, 0.15) is 10.7 Å². The molecule has 2 aromatic carbocycles. The smallest absolute Gasteiger partial charge is 0.433 e. The number of anilines is 1. The van der Waals surface area contributed by atoms with Crippen LogP contribution in [0.2, 0.25) is 0 Å². The van der Waals surface area contributed by atoms with Gasteiger partial charge in [0, 0.05) is 11.3 Å². The average molecular weight is 384 g/mol. The number of carbonyl (C=O) groups is 2. The first-order chi connectivity index (χ1) is 13.4. The van der Waals surface area contributed by atoms with E-state index in [9.17, 15) is 24.1 Å². The quantitative estimate of drug-likeness (QED) is 0.392. The van der Waals surface area contributed by atoms with Gasteiger partial charge >= 0.3 is 11.9 Å². The number of nitrogens with zero attached hydrogens (tertiary/aromatic N) is 1. The zero-order chi connectivity index (χ0) is 20.1. The van der Waals surface area contributed by atoms with Crippen molar-refractivity contribution < 1.29 is 28.1 Å². The van der Waals surface area contributed by atoms with Gasteiger partial charge < -0.3 is 14.5 Å². The van der Waals surface area contributed by atoms with Crippen molar-refractivity contribution in [1.82, 2.24) is 0 Å². The fourth-order valence-electron chi connectivity index (χ4n) is 2.34. The van der Waals surface area contributed by atoms with E-state index in [2.05, 4.69) is 5.32 Å². The Bertz CT molecular complexity index is 1000. The van der Waals surface area contributed by atoms with Crippen LogP contribution in [0.5, 0.6) is 0 Å². The van der Waals surface area contributed by atoms with Crippen molar-refractivity contribution in [2.75, 3.05) is 5.32 Å². The van der Waals surface area contributed by atoms with Gasteiger partial charge in [0.2, 0.25) is 11.9 Å². The molecule has 0 radical (unpaired) electrons. The topological polar surface area (TPSA) is 112 Å². The first-order valence-corrected chi connectivity index (χ1v) is 8.00. The van der Waals surface area contributed by atoms with E-state index in [0.29, 0.717) is 11.3 Å². The molecule has 0 aliphatic carbocycles. The number of benzene rings is 2. The molecule has 3 aromatic rings. The predicted molar refractivity (Wildman–Crippen MR) is 95.0 cm³/mol. The van der Waals surface area contributed by atoms with E-state index in [1.807, 2.05) is 0 Å². The third-order valence-corrected chi connectivity index (χ3v) is 3.65. The van der Waals surface area contributed by atoms with Crippen LogP contribution in [0, 0.1) is 15.9 Å². The summed E-state index contributed by atoms with van der Waals surface area (Å²) in [6, 6.07) is 15.3. The summed E-state index contributed by atoms with van der Waals surface area (Å²) in [6.45, 7) is 0. The molecule has 28 heavy (non-hydrogen) atoms. The minimum Gasteiger partial charge on any atom is -0.441 e. The van der Waals surface area contributed by atoms with E-state index in [0.717, 1.165) is 12.1 Å². The monoisotopic (exact) mass is 384 g/mol. The lowest BCUT2D eigenvalue weighted by molar-refractivity contribution is -0.402. The highest BCUT2D eigenvalue weighted by Gasteiger charge is 2.28. The average Bonchev–Trinajstić information content (AvgIpc) is 3.19. The lowest BCUT2D eigenvalue weighted by Gasteiger charge is -2.17. The number of hydrogen-bond acceptors (Lipinski definition) is 6. The van der Waals surface area contributed by atoms with E-state index in [1.54, 1.807) is 30.3 Å². The largest absolute Gasteiger partial charge is 0.441 e. The van der Waals surface area contributed by atoms with Crippen LogP contribution < -0.4 is 5.32 Å². The molecule has 0 bridgehead atoms. The molecule has 8 nitrogen and oxygen atoms in total. The van der Waals surface area contributed by atoms with Crippen molar-refractivity contribution in [2.45, 2.75) is 6.10 Å².